The highest BCUT2D eigenvalue weighted by Crippen LogP contribution is 2.25. The van der Waals surface area contributed by atoms with Crippen LogP contribution in [0, 0.1) is 17.0 Å². The van der Waals surface area contributed by atoms with Gasteiger partial charge in [-0.05, 0) is 31.2 Å². The number of aromatic hydroxyl groups is 1. The first kappa shape index (κ1) is 13.5. The van der Waals surface area contributed by atoms with Crippen LogP contribution < -0.4 is 5.32 Å². The smallest absolute Gasteiger partial charge is 0.274 e. The summed E-state index contributed by atoms with van der Waals surface area (Å²) >= 11 is 0. The number of hydrogen-bond acceptors (Lipinski definition) is 4. The molecule has 0 fully saturated rings. The molecule has 2 aromatic rings. The quantitative estimate of drug-likeness (QED) is 0.663. The maximum Gasteiger partial charge on any atom is 0.274 e. The van der Waals surface area contributed by atoms with Gasteiger partial charge >= 0.3 is 0 Å². The maximum absolute atomic E-state index is 12.0. The largest absolute Gasteiger partial charge is 0.508 e. The highest BCUT2D eigenvalue weighted by atomic mass is 16.6. The lowest BCUT2D eigenvalue weighted by Gasteiger charge is -2.08. The summed E-state index contributed by atoms with van der Waals surface area (Å²) in [6, 6.07) is 10.3. The van der Waals surface area contributed by atoms with Crippen LogP contribution in [-0.4, -0.2) is 15.9 Å². The Bertz CT molecular complexity index is 683. The number of benzene rings is 2. The Morgan fingerprint density at radius 2 is 1.95 bits per heavy atom. The van der Waals surface area contributed by atoms with Crippen molar-refractivity contribution in [1.29, 1.82) is 0 Å². The Kier molecular flexibility index (Phi) is 3.65. The summed E-state index contributed by atoms with van der Waals surface area (Å²) < 4.78 is 0. The van der Waals surface area contributed by atoms with Crippen LogP contribution in [0.5, 0.6) is 5.75 Å². The normalized spacial score (nSPS) is 10.1. The van der Waals surface area contributed by atoms with E-state index in [0.29, 0.717) is 11.3 Å². The van der Waals surface area contributed by atoms with Crippen molar-refractivity contribution in [2.75, 3.05) is 5.32 Å². The summed E-state index contributed by atoms with van der Waals surface area (Å²) in [5.41, 5.74) is 0.966. The maximum atomic E-state index is 12.0. The van der Waals surface area contributed by atoms with Gasteiger partial charge in [-0.3, -0.25) is 14.9 Å². The van der Waals surface area contributed by atoms with Crippen LogP contribution in [0.1, 0.15) is 15.9 Å². The van der Waals surface area contributed by atoms with Gasteiger partial charge < -0.3 is 10.4 Å². The highest BCUT2D eigenvalue weighted by Gasteiger charge is 2.15. The number of amides is 1. The van der Waals surface area contributed by atoms with Gasteiger partial charge in [0.1, 0.15) is 5.75 Å². The van der Waals surface area contributed by atoms with Crippen molar-refractivity contribution in [2.24, 2.45) is 0 Å². The SMILES string of the molecule is Cc1c(NC(=O)c2cccc(O)c2)cccc1[N+](=O)[O-]. The molecule has 0 aliphatic rings. The molecule has 0 aromatic heterocycles. The van der Waals surface area contributed by atoms with Crippen molar-refractivity contribution >= 4 is 17.3 Å². The molecule has 20 heavy (non-hydrogen) atoms. The lowest BCUT2D eigenvalue weighted by atomic mass is 10.1. The number of rotatable bonds is 3. The molecule has 2 rings (SSSR count). The summed E-state index contributed by atoms with van der Waals surface area (Å²) in [6.07, 6.45) is 0. The molecule has 0 spiro atoms. The summed E-state index contributed by atoms with van der Waals surface area (Å²) in [7, 11) is 0. The lowest BCUT2D eigenvalue weighted by molar-refractivity contribution is -0.385. The minimum absolute atomic E-state index is 0.0200. The van der Waals surface area contributed by atoms with Gasteiger partial charge in [0.25, 0.3) is 11.6 Å². The lowest BCUT2D eigenvalue weighted by Crippen LogP contribution is -2.13. The Balaban J connectivity index is 2.29. The van der Waals surface area contributed by atoms with E-state index >= 15 is 0 Å². The number of nitro groups is 1. The van der Waals surface area contributed by atoms with Gasteiger partial charge in [0.2, 0.25) is 0 Å². The van der Waals surface area contributed by atoms with Crippen LogP contribution in [0.15, 0.2) is 42.5 Å². The zero-order valence-corrected chi connectivity index (χ0v) is 10.7. The highest BCUT2D eigenvalue weighted by molar-refractivity contribution is 6.05. The molecule has 0 aliphatic carbocycles. The molecule has 0 aliphatic heterocycles. The van der Waals surface area contributed by atoms with Crippen LogP contribution in [0.3, 0.4) is 0 Å². The predicted molar refractivity (Wildman–Crippen MR) is 73.9 cm³/mol. The monoisotopic (exact) mass is 272 g/mol. The van der Waals surface area contributed by atoms with Crippen molar-refractivity contribution < 1.29 is 14.8 Å². The number of anilines is 1. The van der Waals surface area contributed by atoms with E-state index in [1.807, 2.05) is 0 Å². The Hall–Kier alpha value is -2.89. The van der Waals surface area contributed by atoms with E-state index in [4.69, 9.17) is 0 Å². The molecule has 2 aromatic carbocycles. The second-order valence-corrected chi connectivity index (χ2v) is 4.21. The van der Waals surface area contributed by atoms with Gasteiger partial charge in [0.15, 0.2) is 0 Å². The molecule has 0 atom stereocenters. The molecule has 2 N–H and O–H groups in total. The summed E-state index contributed by atoms with van der Waals surface area (Å²) in [5, 5.41) is 22.8. The Morgan fingerprint density at radius 1 is 1.25 bits per heavy atom. The third-order valence-electron chi connectivity index (χ3n) is 2.86. The minimum Gasteiger partial charge on any atom is -0.508 e. The molecule has 0 radical (unpaired) electrons. The van der Waals surface area contributed by atoms with Gasteiger partial charge in [-0.1, -0.05) is 12.1 Å². The second kappa shape index (κ2) is 5.40. The van der Waals surface area contributed by atoms with Crippen LogP contribution >= 0.6 is 0 Å². The topological polar surface area (TPSA) is 92.5 Å². The van der Waals surface area contributed by atoms with Crippen molar-refractivity contribution in [3.05, 3.63) is 63.7 Å². The average Bonchev–Trinajstić information content (AvgIpc) is 2.40. The minimum atomic E-state index is -0.501. The van der Waals surface area contributed by atoms with Gasteiger partial charge in [-0.15, -0.1) is 0 Å². The van der Waals surface area contributed by atoms with Gasteiger partial charge in [0, 0.05) is 11.6 Å². The first-order valence-corrected chi connectivity index (χ1v) is 5.83. The van der Waals surface area contributed by atoms with E-state index in [2.05, 4.69) is 5.32 Å². The third-order valence-corrected chi connectivity index (χ3v) is 2.86. The summed E-state index contributed by atoms with van der Waals surface area (Å²) in [5.74, 6) is -0.460. The fourth-order valence-electron chi connectivity index (χ4n) is 1.80. The first-order valence-electron chi connectivity index (χ1n) is 5.83. The van der Waals surface area contributed by atoms with Crippen LogP contribution in [-0.2, 0) is 0 Å². The first-order chi connectivity index (χ1) is 9.49. The van der Waals surface area contributed by atoms with Crippen molar-refractivity contribution in [3.8, 4) is 5.75 Å². The van der Waals surface area contributed by atoms with Gasteiger partial charge in [-0.25, -0.2) is 0 Å². The number of nitro benzene ring substituents is 1. The number of phenolic OH excluding ortho intramolecular Hbond substituents is 1. The molecular formula is C14H12N2O4. The number of phenols is 1. The number of carbonyl (C=O) groups is 1. The van der Waals surface area contributed by atoms with Crippen LogP contribution in [0.2, 0.25) is 0 Å². The zero-order chi connectivity index (χ0) is 14.7. The predicted octanol–water partition coefficient (Wildman–Crippen LogP) is 2.86. The molecule has 0 bridgehead atoms. The number of nitrogens with zero attached hydrogens (tertiary/aromatic N) is 1. The third kappa shape index (κ3) is 2.74. The molecular weight excluding hydrogens is 260 g/mol. The van der Waals surface area contributed by atoms with Crippen LogP contribution in [0.4, 0.5) is 11.4 Å². The van der Waals surface area contributed by atoms with Crippen molar-refractivity contribution in [1.82, 2.24) is 0 Å². The van der Waals surface area contributed by atoms with Crippen molar-refractivity contribution in [2.45, 2.75) is 6.92 Å². The molecule has 0 saturated heterocycles. The molecule has 6 nitrogen and oxygen atoms in total. The molecule has 0 heterocycles. The van der Waals surface area contributed by atoms with E-state index in [-0.39, 0.29) is 17.0 Å². The van der Waals surface area contributed by atoms with E-state index in [1.165, 1.54) is 24.3 Å². The van der Waals surface area contributed by atoms with E-state index in [1.54, 1.807) is 25.1 Å². The zero-order valence-electron chi connectivity index (χ0n) is 10.7. The molecule has 1 amide bonds. The second-order valence-electron chi connectivity index (χ2n) is 4.21. The number of nitrogens with one attached hydrogen (secondary N) is 1. The standard InChI is InChI=1S/C14H12N2O4/c1-9-12(6-3-7-13(9)16(19)20)15-14(18)10-4-2-5-11(17)8-10/h2-8,17H,1H3,(H,15,18). The van der Waals surface area contributed by atoms with E-state index in [9.17, 15) is 20.0 Å². The van der Waals surface area contributed by atoms with Crippen LogP contribution in [0.25, 0.3) is 0 Å². The molecule has 6 heteroatoms. The summed E-state index contributed by atoms with van der Waals surface area (Å²) in [4.78, 5) is 22.3. The van der Waals surface area contributed by atoms with E-state index in [0.717, 1.165) is 0 Å². The molecule has 0 unspecified atom stereocenters. The summed E-state index contributed by atoms with van der Waals surface area (Å²) in [6.45, 7) is 1.57. The fourth-order valence-corrected chi connectivity index (χ4v) is 1.80. The Labute approximate surface area is 114 Å². The molecule has 0 saturated carbocycles. The number of carbonyl (C=O) groups excluding carboxylic acids is 1. The van der Waals surface area contributed by atoms with Crippen molar-refractivity contribution in [3.63, 3.8) is 0 Å². The van der Waals surface area contributed by atoms with E-state index < -0.39 is 10.8 Å². The Morgan fingerprint density at radius 3 is 2.60 bits per heavy atom. The van der Waals surface area contributed by atoms with Gasteiger partial charge in [-0.2, -0.15) is 0 Å². The average molecular weight is 272 g/mol. The number of hydrogen-bond donors (Lipinski definition) is 2. The molecule has 102 valence electrons. The fraction of sp³-hybridized carbons (Fsp3) is 0.0714. The van der Waals surface area contributed by atoms with Gasteiger partial charge in [0.05, 0.1) is 16.2 Å².